The minimum atomic E-state index is 0.181. The van der Waals surface area contributed by atoms with Gasteiger partial charge in [-0.1, -0.05) is 18.2 Å². The fourth-order valence-electron chi connectivity index (χ4n) is 1.61. The van der Waals surface area contributed by atoms with E-state index in [0.29, 0.717) is 23.9 Å². The van der Waals surface area contributed by atoms with Crippen LogP contribution in [0.3, 0.4) is 0 Å². The molecule has 2 heterocycles. The molecule has 0 spiro atoms. The summed E-state index contributed by atoms with van der Waals surface area (Å²) in [6.07, 6.45) is 3.09. The van der Waals surface area contributed by atoms with Gasteiger partial charge in [-0.2, -0.15) is 15.1 Å². The highest BCUT2D eigenvalue weighted by Crippen LogP contribution is 2.25. The van der Waals surface area contributed by atoms with Gasteiger partial charge in [-0.3, -0.25) is 0 Å². The van der Waals surface area contributed by atoms with Crippen LogP contribution in [-0.4, -0.2) is 16.6 Å². The summed E-state index contributed by atoms with van der Waals surface area (Å²) < 4.78 is 5.60. The Morgan fingerprint density at radius 3 is 2.80 bits per heavy atom. The first-order valence-corrected chi connectivity index (χ1v) is 5.87. The van der Waals surface area contributed by atoms with Crippen molar-refractivity contribution in [3.63, 3.8) is 0 Å². The third-order valence-electron chi connectivity index (χ3n) is 2.54. The molecule has 98 valence electrons. The van der Waals surface area contributed by atoms with Crippen molar-refractivity contribution in [3.05, 3.63) is 54.0 Å². The highest BCUT2D eigenvalue weighted by atomic mass is 17.2. The average Bonchev–Trinajstić information content (AvgIpc) is 3.02. The first kappa shape index (κ1) is 12.1. The molecule has 0 radical (unpaired) electrons. The lowest BCUT2D eigenvalue weighted by atomic mass is 10.3. The first-order valence-electron chi connectivity index (χ1n) is 5.87. The summed E-state index contributed by atoms with van der Waals surface area (Å²) in [7, 11) is 0. The van der Waals surface area contributed by atoms with Gasteiger partial charge >= 0.3 is 0 Å². The van der Waals surface area contributed by atoms with Gasteiger partial charge in [0.05, 0.1) is 6.20 Å². The number of nitrogens with zero attached hydrogens (tertiary/aromatic N) is 3. The lowest BCUT2D eigenvalue weighted by Gasteiger charge is -2.07. The zero-order chi connectivity index (χ0) is 13.8. The molecule has 0 aliphatic carbocycles. The summed E-state index contributed by atoms with van der Waals surface area (Å²) in [4.78, 5) is 17.9. The van der Waals surface area contributed by atoms with Crippen LogP contribution in [0.4, 0.5) is 0 Å². The molecular weight excluding hydrogens is 258 g/mol. The van der Waals surface area contributed by atoms with E-state index in [4.69, 9.17) is 19.8 Å². The molecule has 0 N–H and O–H groups in total. The van der Waals surface area contributed by atoms with Crippen molar-refractivity contribution in [2.75, 3.05) is 6.61 Å². The van der Waals surface area contributed by atoms with E-state index in [2.05, 4.69) is 9.97 Å². The van der Waals surface area contributed by atoms with E-state index < -0.39 is 0 Å². The van der Waals surface area contributed by atoms with Gasteiger partial charge in [0.1, 0.15) is 24.0 Å². The molecule has 0 amide bonds. The standard InChI is InChI=1S/C14H9N3O3/c15-8-10-9-16-13(12-6-7-18-20-12)17-14(10)19-11-4-2-1-3-5-11/h1-6,9H,7H2. The molecule has 0 unspecified atom stereocenters. The van der Waals surface area contributed by atoms with Crippen LogP contribution in [0.1, 0.15) is 11.4 Å². The van der Waals surface area contributed by atoms with Gasteiger partial charge in [-0.05, 0) is 18.2 Å². The van der Waals surface area contributed by atoms with Gasteiger partial charge in [0.25, 0.3) is 0 Å². The van der Waals surface area contributed by atoms with E-state index in [1.807, 2.05) is 24.3 Å². The van der Waals surface area contributed by atoms with Crippen molar-refractivity contribution >= 4 is 5.76 Å². The second-order valence-corrected chi connectivity index (χ2v) is 3.88. The molecule has 0 saturated carbocycles. The van der Waals surface area contributed by atoms with Crippen molar-refractivity contribution < 1.29 is 14.5 Å². The maximum Gasteiger partial charge on any atom is 0.241 e. The van der Waals surface area contributed by atoms with Crippen LogP contribution in [0.2, 0.25) is 0 Å². The van der Waals surface area contributed by atoms with Gasteiger partial charge < -0.3 is 9.62 Å². The van der Waals surface area contributed by atoms with E-state index in [1.54, 1.807) is 18.2 Å². The Bertz CT molecular complexity index is 693. The third kappa shape index (κ3) is 2.43. The SMILES string of the molecule is N#Cc1cnc(C2=CCOO2)nc1Oc1ccccc1. The van der Waals surface area contributed by atoms with Gasteiger partial charge in [0, 0.05) is 0 Å². The van der Waals surface area contributed by atoms with Crippen LogP contribution in [-0.2, 0) is 9.78 Å². The zero-order valence-electron chi connectivity index (χ0n) is 10.3. The number of para-hydroxylation sites is 1. The Morgan fingerprint density at radius 2 is 2.10 bits per heavy atom. The summed E-state index contributed by atoms with van der Waals surface area (Å²) >= 11 is 0. The Kier molecular flexibility index (Phi) is 3.27. The zero-order valence-corrected chi connectivity index (χ0v) is 10.3. The molecule has 6 nitrogen and oxygen atoms in total. The number of rotatable bonds is 3. The summed E-state index contributed by atoms with van der Waals surface area (Å²) in [5, 5.41) is 9.07. The van der Waals surface area contributed by atoms with Crippen LogP contribution in [0, 0.1) is 11.3 Å². The smallest absolute Gasteiger partial charge is 0.241 e. The number of aromatic nitrogens is 2. The van der Waals surface area contributed by atoms with Gasteiger partial charge in [0.2, 0.25) is 17.5 Å². The molecule has 20 heavy (non-hydrogen) atoms. The minimum Gasteiger partial charge on any atom is -0.438 e. The third-order valence-corrected chi connectivity index (χ3v) is 2.54. The molecule has 3 rings (SSSR count). The lowest BCUT2D eigenvalue weighted by molar-refractivity contribution is -0.209. The second-order valence-electron chi connectivity index (χ2n) is 3.88. The number of benzene rings is 1. The van der Waals surface area contributed by atoms with Crippen LogP contribution >= 0.6 is 0 Å². The van der Waals surface area contributed by atoms with Gasteiger partial charge in [0.15, 0.2) is 0 Å². The molecule has 1 aliphatic heterocycles. The van der Waals surface area contributed by atoms with Crippen molar-refractivity contribution in [2.24, 2.45) is 0 Å². The highest BCUT2D eigenvalue weighted by molar-refractivity contribution is 5.55. The Balaban J connectivity index is 1.95. The Morgan fingerprint density at radius 1 is 1.25 bits per heavy atom. The lowest BCUT2D eigenvalue weighted by Crippen LogP contribution is -2.00. The van der Waals surface area contributed by atoms with Crippen LogP contribution in [0.25, 0.3) is 5.76 Å². The predicted molar refractivity (Wildman–Crippen MR) is 68.3 cm³/mol. The number of hydrogen-bond acceptors (Lipinski definition) is 6. The first-order chi connectivity index (χ1) is 9.86. The molecule has 0 bridgehead atoms. The molecule has 6 heteroatoms. The number of nitriles is 1. The van der Waals surface area contributed by atoms with Crippen LogP contribution < -0.4 is 4.74 Å². The van der Waals surface area contributed by atoms with E-state index in [-0.39, 0.29) is 11.4 Å². The predicted octanol–water partition coefficient (Wildman–Crippen LogP) is 2.44. The monoisotopic (exact) mass is 267 g/mol. The fraction of sp³-hybridized carbons (Fsp3) is 0.0714. The van der Waals surface area contributed by atoms with E-state index in [0.717, 1.165) is 0 Å². The molecule has 1 aromatic heterocycles. The summed E-state index contributed by atoms with van der Waals surface area (Å²) in [6.45, 7) is 0.341. The van der Waals surface area contributed by atoms with Gasteiger partial charge in [-0.25, -0.2) is 4.98 Å². The molecule has 2 aromatic rings. The maximum atomic E-state index is 9.07. The number of hydrogen-bond donors (Lipinski definition) is 0. The van der Waals surface area contributed by atoms with E-state index in [1.165, 1.54) is 6.20 Å². The fourth-order valence-corrected chi connectivity index (χ4v) is 1.61. The van der Waals surface area contributed by atoms with Crippen molar-refractivity contribution in [2.45, 2.75) is 0 Å². The highest BCUT2D eigenvalue weighted by Gasteiger charge is 2.17. The van der Waals surface area contributed by atoms with Crippen molar-refractivity contribution in [3.8, 4) is 17.7 Å². The van der Waals surface area contributed by atoms with Crippen molar-refractivity contribution in [1.29, 1.82) is 5.26 Å². The topological polar surface area (TPSA) is 77.3 Å². The molecule has 1 aliphatic rings. The van der Waals surface area contributed by atoms with Crippen LogP contribution in [0.5, 0.6) is 11.6 Å². The summed E-state index contributed by atoms with van der Waals surface area (Å²) in [6, 6.07) is 11.1. The molecule has 1 aromatic carbocycles. The minimum absolute atomic E-state index is 0.181. The maximum absolute atomic E-state index is 9.07. The van der Waals surface area contributed by atoms with Crippen LogP contribution in [0.15, 0.2) is 42.6 Å². The quantitative estimate of drug-likeness (QED) is 0.795. The normalized spacial score (nSPS) is 13.2. The van der Waals surface area contributed by atoms with E-state index in [9.17, 15) is 0 Å². The molecule has 0 fully saturated rings. The molecule has 0 atom stereocenters. The van der Waals surface area contributed by atoms with Gasteiger partial charge in [-0.15, -0.1) is 0 Å². The second kappa shape index (κ2) is 5.38. The Hall–Kier alpha value is -2.91. The molecule has 0 saturated heterocycles. The average molecular weight is 267 g/mol. The molecular formula is C14H9N3O3. The summed E-state index contributed by atoms with van der Waals surface area (Å²) in [5.74, 6) is 1.49. The Labute approximate surface area is 114 Å². The van der Waals surface area contributed by atoms with Crippen molar-refractivity contribution in [1.82, 2.24) is 9.97 Å². The summed E-state index contributed by atoms with van der Waals surface area (Å²) in [5.41, 5.74) is 0.247. The largest absolute Gasteiger partial charge is 0.438 e. The number of ether oxygens (including phenoxy) is 1. The van der Waals surface area contributed by atoms with E-state index >= 15 is 0 Å².